The molecule has 0 atom stereocenters. The molecule has 0 saturated carbocycles. The first-order valence-electron chi connectivity index (χ1n) is 9.18. The average molecular weight is 433 g/mol. The van der Waals surface area contributed by atoms with Crippen LogP contribution in [0, 0.1) is 0 Å². The number of fused-ring (bicyclic) bond motifs is 1. The molecule has 3 heterocycles. The van der Waals surface area contributed by atoms with Gasteiger partial charge in [-0.15, -0.1) is 0 Å². The predicted octanol–water partition coefficient (Wildman–Crippen LogP) is 1.10. The Bertz CT molecular complexity index is 1090. The molecular formula is C18H20N6O3S2. The minimum atomic E-state index is -3.70. The highest BCUT2D eigenvalue weighted by Crippen LogP contribution is 2.18. The van der Waals surface area contributed by atoms with Crippen molar-refractivity contribution < 1.29 is 13.2 Å². The third-order valence-electron chi connectivity index (χ3n) is 4.83. The van der Waals surface area contributed by atoms with E-state index in [0.717, 1.165) is 30.5 Å². The highest BCUT2D eigenvalue weighted by Gasteiger charge is 2.22. The minimum Gasteiger partial charge on any atom is -0.368 e. The quantitative estimate of drug-likeness (QED) is 0.621. The Morgan fingerprint density at radius 1 is 1.03 bits per heavy atom. The monoisotopic (exact) mass is 432 g/mol. The summed E-state index contributed by atoms with van der Waals surface area (Å²) in [7, 11) is -3.70. The number of hydrogen-bond acceptors (Lipinski definition) is 8. The van der Waals surface area contributed by atoms with E-state index in [1.807, 2.05) is 12.1 Å². The Balaban J connectivity index is 1.27. The number of hydrogen-bond donors (Lipinski definition) is 1. The lowest BCUT2D eigenvalue weighted by Crippen LogP contribution is -2.49. The molecule has 1 amide bonds. The Hall–Kier alpha value is -2.63. The highest BCUT2D eigenvalue weighted by molar-refractivity contribution is 7.89. The number of nitrogens with zero attached hydrogens (tertiary/aromatic N) is 5. The molecule has 1 saturated heterocycles. The van der Waals surface area contributed by atoms with E-state index in [-0.39, 0.29) is 23.8 Å². The van der Waals surface area contributed by atoms with Crippen molar-refractivity contribution in [3.8, 4) is 0 Å². The number of amides is 1. The molecule has 1 aromatic carbocycles. The number of sulfonamides is 1. The Labute approximate surface area is 172 Å². The molecular weight excluding hydrogens is 412 g/mol. The van der Waals surface area contributed by atoms with E-state index in [0.29, 0.717) is 24.1 Å². The standard InChI is InChI=1S/C18H20N6O3S2/c25-18(24-11-9-23(10-12-24)14-3-6-19-7-4-14)5-8-20-29(26,27)15-1-2-16-17(13-15)22-28-21-16/h1-4,6-7,13,20H,5,8-12H2. The number of pyridine rings is 1. The van der Waals surface area contributed by atoms with E-state index in [1.54, 1.807) is 23.4 Å². The van der Waals surface area contributed by atoms with Gasteiger partial charge in [0.25, 0.3) is 0 Å². The van der Waals surface area contributed by atoms with Gasteiger partial charge in [-0.25, -0.2) is 13.1 Å². The van der Waals surface area contributed by atoms with Gasteiger partial charge in [-0.3, -0.25) is 9.78 Å². The number of nitrogens with one attached hydrogen (secondary N) is 1. The van der Waals surface area contributed by atoms with Gasteiger partial charge in [0.05, 0.1) is 16.6 Å². The van der Waals surface area contributed by atoms with Crippen LogP contribution in [0.5, 0.6) is 0 Å². The second-order valence-electron chi connectivity index (χ2n) is 6.64. The van der Waals surface area contributed by atoms with Crippen molar-refractivity contribution in [1.29, 1.82) is 0 Å². The number of benzene rings is 1. The van der Waals surface area contributed by atoms with Crippen LogP contribution in [0.15, 0.2) is 47.6 Å². The minimum absolute atomic E-state index is 0.0544. The van der Waals surface area contributed by atoms with Gasteiger partial charge >= 0.3 is 0 Å². The zero-order valence-corrected chi connectivity index (χ0v) is 17.2. The van der Waals surface area contributed by atoms with E-state index >= 15 is 0 Å². The number of rotatable bonds is 6. The molecule has 3 aromatic rings. The van der Waals surface area contributed by atoms with Gasteiger partial charge in [0, 0.05) is 57.2 Å². The van der Waals surface area contributed by atoms with Gasteiger partial charge in [-0.2, -0.15) is 8.75 Å². The number of anilines is 1. The van der Waals surface area contributed by atoms with Gasteiger partial charge in [-0.1, -0.05) is 0 Å². The van der Waals surface area contributed by atoms with E-state index in [1.165, 1.54) is 12.1 Å². The first kappa shape index (κ1) is 19.7. The van der Waals surface area contributed by atoms with E-state index < -0.39 is 10.0 Å². The van der Waals surface area contributed by atoms with Crippen LogP contribution in [-0.4, -0.2) is 65.7 Å². The Morgan fingerprint density at radius 3 is 2.52 bits per heavy atom. The molecule has 1 fully saturated rings. The van der Waals surface area contributed by atoms with Crippen LogP contribution in [0.2, 0.25) is 0 Å². The fourth-order valence-corrected chi connectivity index (χ4v) is 4.80. The zero-order valence-electron chi connectivity index (χ0n) is 15.6. The molecule has 0 radical (unpaired) electrons. The molecule has 9 nitrogen and oxygen atoms in total. The summed E-state index contributed by atoms with van der Waals surface area (Å²) in [6, 6.07) is 8.50. The summed E-state index contributed by atoms with van der Waals surface area (Å²) in [6.45, 7) is 2.76. The lowest BCUT2D eigenvalue weighted by atomic mass is 10.2. The van der Waals surface area contributed by atoms with Crippen molar-refractivity contribution in [2.24, 2.45) is 0 Å². The second kappa shape index (κ2) is 8.39. The van der Waals surface area contributed by atoms with Crippen molar-refractivity contribution in [3.05, 3.63) is 42.7 Å². The first-order valence-corrected chi connectivity index (χ1v) is 11.4. The predicted molar refractivity (Wildman–Crippen MR) is 110 cm³/mol. The van der Waals surface area contributed by atoms with Crippen molar-refractivity contribution in [2.45, 2.75) is 11.3 Å². The smallest absolute Gasteiger partial charge is 0.240 e. The van der Waals surface area contributed by atoms with Crippen LogP contribution in [0.3, 0.4) is 0 Å². The fourth-order valence-electron chi connectivity index (χ4n) is 3.23. The molecule has 0 aliphatic carbocycles. The zero-order chi connectivity index (χ0) is 20.3. The lowest BCUT2D eigenvalue weighted by Gasteiger charge is -2.36. The summed E-state index contributed by atoms with van der Waals surface area (Å²) in [4.78, 5) is 20.6. The fraction of sp³-hybridized carbons (Fsp3) is 0.333. The van der Waals surface area contributed by atoms with Crippen LogP contribution >= 0.6 is 11.7 Å². The molecule has 1 N–H and O–H groups in total. The van der Waals surface area contributed by atoms with Crippen molar-refractivity contribution in [2.75, 3.05) is 37.6 Å². The van der Waals surface area contributed by atoms with Crippen molar-refractivity contribution in [3.63, 3.8) is 0 Å². The van der Waals surface area contributed by atoms with Crippen LogP contribution in [-0.2, 0) is 14.8 Å². The van der Waals surface area contributed by atoms with E-state index in [9.17, 15) is 13.2 Å². The maximum atomic E-state index is 12.5. The average Bonchev–Trinajstić information content (AvgIpc) is 3.22. The molecule has 1 aliphatic rings. The second-order valence-corrected chi connectivity index (χ2v) is 8.93. The van der Waals surface area contributed by atoms with E-state index in [2.05, 4.69) is 23.4 Å². The molecule has 4 rings (SSSR count). The molecule has 2 aromatic heterocycles. The summed E-state index contributed by atoms with van der Waals surface area (Å²) in [5.41, 5.74) is 2.29. The summed E-state index contributed by atoms with van der Waals surface area (Å²) >= 11 is 1.04. The van der Waals surface area contributed by atoms with Crippen molar-refractivity contribution in [1.82, 2.24) is 23.4 Å². The molecule has 11 heteroatoms. The van der Waals surface area contributed by atoms with Gasteiger partial charge in [0.1, 0.15) is 11.0 Å². The summed E-state index contributed by atoms with van der Waals surface area (Å²) in [5.74, 6) is -0.0544. The normalized spacial score (nSPS) is 15.0. The van der Waals surface area contributed by atoms with Crippen LogP contribution in [0.1, 0.15) is 6.42 Å². The SMILES string of the molecule is O=C(CCNS(=O)(=O)c1ccc2nsnc2c1)N1CCN(c2ccncc2)CC1. The van der Waals surface area contributed by atoms with E-state index in [4.69, 9.17) is 0 Å². The van der Waals surface area contributed by atoms with Crippen LogP contribution in [0.25, 0.3) is 11.0 Å². The lowest BCUT2D eigenvalue weighted by molar-refractivity contribution is -0.131. The third kappa shape index (κ3) is 4.52. The van der Waals surface area contributed by atoms with Gasteiger partial charge < -0.3 is 9.80 Å². The number of piperazine rings is 1. The maximum absolute atomic E-state index is 12.5. The third-order valence-corrected chi connectivity index (χ3v) is 6.84. The number of carbonyl (C=O) groups excluding carboxylic acids is 1. The molecule has 0 unspecified atom stereocenters. The summed E-state index contributed by atoms with van der Waals surface area (Å²) < 4.78 is 35.5. The molecule has 29 heavy (non-hydrogen) atoms. The Morgan fingerprint density at radius 2 is 1.76 bits per heavy atom. The first-order chi connectivity index (χ1) is 14.0. The molecule has 0 bridgehead atoms. The van der Waals surface area contributed by atoms with Crippen LogP contribution in [0.4, 0.5) is 5.69 Å². The topological polar surface area (TPSA) is 108 Å². The summed E-state index contributed by atoms with van der Waals surface area (Å²) in [5, 5.41) is 0. The maximum Gasteiger partial charge on any atom is 0.240 e. The number of carbonyl (C=O) groups is 1. The Kier molecular flexibility index (Phi) is 5.69. The number of aromatic nitrogens is 3. The summed E-state index contributed by atoms with van der Waals surface area (Å²) in [6.07, 6.45) is 3.62. The molecule has 0 spiro atoms. The molecule has 1 aliphatic heterocycles. The highest BCUT2D eigenvalue weighted by atomic mass is 32.2. The van der Waals surface area contributed by atoms with Crippen LogP contribution < -0.4 is 9.62 Å². The molecule has 152 valence electrons. The van der Waals surface area contributed by atoms with Gasteiger partial charge in [0.15, 0.2) is 0 Å². The van der Waals surface area contributed by atoms with Gasteiger partial charge in [0.2, 0.25) is 15.9 Å². The largest absolute Gasteiger partial charge is 0.368 e. The van der Waals surface area contributed by atoms with Gasteiger partial charge in [-0.05, 0) is 30.3 Å². The van der Waals surface area contributed by atoms with Crippen molar-refractivity contribution >= 4 is 44.4 Å².